The fourth-order valence-corrected chi connectivity index (χ4v) is 2.76. The summed E-state index contributed by atoms with van der Waals surface area (Å²) in [6.07, 6.45) is 0. The Kier molecular flexibility index (Phi) is 3.88. The van der Waals surface area contributed by atoms with E-state index < -0.39 is 10.0 Å². The zero-order valence-corrected chi connectivity index (χ0v) is 11.9. The minimum atomic E-state index is -3.64. The number of hydrogen-bond donors (Lipinski definition) is 1. The lowest BCUT2D eigenvalue weighted by Crippen LogP contribution is -2.23. The smallest absolute Gasteiger partial charge is 0.240 e. The third-order valence-corrected chi connectivity index (χ3v) is 4.14. The van der Waals surface area contributed by atoms with Crippen LogP contribution in [-0.2, 0) is 16.6 Å². The van der Waals surface area contributed by atoms with E-state index in [1.54, 1.807) is 19.9 Å². The quantitative estimate of drug-likeness (QED) is 0.923. The summed E-state index contributed by atoms with van der Waals surface area (Å²) < 4.78 is 31.6. The topological polar surface area (TPSA) is 96.0 Å². The van der Waals surface area contributed by atoms with E-state index in [4.69, 9.17) is 9.78 Å². The molecule has 0 aliphatic heterocycles. The molecule has 0 radical (unpaired) electrons. The lowest BCUT2D eigenvalue weighted by molar-refractivity contribution is 0.377. The van der Waals surface area contributed by atoms with Crippen LogP contribution >= 0.6 is 0 Å². The highest BCUT2D eigenvalue weighted by Gasteiger charge is 2.16. The van der Waals surface area contributed by atoms with Crippen molar-refractivity contribution in [1.82, 2.24) is 9.88 Å². The largest absolute Gasteiger partial charge is 0.360 e. The Morgan fingerprint density at radius 2 is 2.10 bits per heavy atom. The fourth-order valence-electron chi connectivity index (χ4n) is 1.68. The third kappa shape index (κ3) is 3.04. The number of hydrogen-bond acceptors (Lipinski definition) is 5. The monoisotopic (exact) mass is 291 g/mol. The second kappa shape index (κ2) is 5.45. The van der Waals surface area contributed by atoms with Crippen LogP contribution in [0.3, 0.4) is 0 Å². The van der Waals surface area contributed by atoms with Gasteiger partial charge in [0.2, 0.25) is 10.0 Å². The van der Waals surface area contributed by atoms with Gasteiger partial charge in [-0.2, -0.15) is 5.26 Å². The van der Waals surface area contributed by atoms with Gasteiger partial charge in [-0.1, -0.05) is 5.16 Å². The minimum Gasteiger partial charge on any atom is -0.360 e. The van der Waals surface area contributed by atoms with Crippen LogP contribution in [-0.4, -0.2) is 13.6 Å². The van der Waals surface area contributed by atoms with Crippen LogP contribution in [0.4, 0.5) is 0 Å². The van der Waals surface area contributed by atoms with Gasteiger partial charge in [-0.25, -0.2) is 13.1 Å². The van der Waals surface area contributed by atoms with Crippen LogP contribution in [0.15, 0.2) is 33.7 Å². The Morgan fingerprint density at radius 3 is 2.65 bits per heavy atom. The van der Waals surface area contributed by atoms with Crippen molar-refractivity contribution in [2.24, 2.45) is 0 Å². The standard InChI is InChI=1S/C13H13N3O3S/c1-9-5-13(4-3-11(9)7-14)20(17,18)15-8-12-6-10(2)16-19-12/h3-6,15H,8H2,1-2H3. The number of nitriles is 1. The van der Waals surface area contributed by atoms with E-state index in [-0.39, 0.29) is 11.4 Å². The average Bonchev–Trinajstić information content (AvgIpc) is 2.82. The molecule has 0 unspecified atom stereocenters. The first-order valence-corrected chi connectivity index (χ1v) is 7.33. The van der Waals surface area contributed by atoms with E-state index in [1.807, 2.05) is 6.07 Å². The molecule has 6 nitrogen and oxygen atoms in total. The molecule has 0 amide bonds. The molecule has 0 saturated heterocycles. The van der Waals surface area contributed by atoms with Gasteiger partial charge in [-0.05, 0) is 37.6 Å². The van der Waals surface area contributed by atoms with Gasteiger partial charge in [0.05, 0.1) is 28.8 Å². The SMILES string of the molecule is Cc1cc(CNS(=O)(=O)c2ccc(C#N)c(C)c2)on1. The first-order valence-electron chi connectivity index (χ1n) is 5.85. The number of nitrogens with zero attached hydrogens (tertiary/aromatic N) is 2. The Balaban J connectivity index is 2.18. The first kappa shape index (κ1) is 14.2. The van der Waals surface area contributed by atoms with Gasteiger partial charge in [0.15, 0.2) is 5.76 Å². The molecule has 0 saturated carbocycles. The molecule has 2 rings (SSSR count). The second-order valence-corrected chi connectivity index (χ2v) is 6.11. The average molecular weight is 291 g/mol. The van der Waals surface area contributed by atoms with Crippen molar-refractivity contribution < 1.29 is 12.9 Å². The van der Waals surface area contributed by atoms with Crippen LogP contribution in [0.5, 0.6) is 0 Å². The lowest BCUT2D eigenvalue weighted by atomic mass is 10.1. The number of sulfonamides is 1. The maximum Gasteiger partial charge on any atom is 0.240 e. The van der Waals surface area contributed by atoms with Gasteiger partial charge < -0.3 is 4.52 Å². The molecule has 0 fully saturated rings. The maximum atomic E-state index is 12.1. The Hall–Kier alpha value is -2.17. The van der Waals surface area contributed by atoms with Crippen molar-refractivity contribution in [3.63, 3.8) is 0 Å². The molecule has 1 heterocycles. The zero-order valence-electron chi connectivity index (χ0n) is 11.0. The molecule has 1 aromatic heterocycles. The highest BCUT2D eigenvalue weighted by molar-refractivity contribution is 7.89. The fraction of sp³-hybridized carbons (Fsp3) is 0.231. The molecule has 0 aliphatic rings. The summed E-state index contributed by atoms with van der Waals surface area (Å²) in [6, 6.07) is 8.01. The third-order valence-electron chi connectivity index (χ3n) is 2.74. The highest BCUT2D eigenvalue weighted by Crippen LogP contribution is 2.15. The Morgan fingerprint density at radius 1 is 1.35 bits per heavy atom. The number of rotatable bonds is 4. The molecule has 0 aliphatic carbocycles. The van der Waals surface area contributed by atoms with Crippen molar-refractivity contribution in [3.8, 4) is 6.07 Å². The molecule has 0 atom stereocenters. The molecule has 2 aromatic rings. The number of aromatic nitrogens is 1. The summed E-state index contributed by atoms with van der Waals surface area (Å²) in [4.78, 5) is 0.116. The number of nitrogens with one attached hydrogen (secondary N) is 1. The van der Waals surface area contributed by atoms with E-state index in [0.717, 1.165) is 0 Å². The summed E-state index contributed by atoms with van der Waals surface area (Å²) in [7, 11) is -3.64. The van der Waals surface area contributed by atoms with Crippen molar-refractivity contribution in [2.45, 2.75) is 25.3 Å². The predicted octanol–water partition coefficient (Wildman–Crippen LogP) is 1.64. The first-order chi connectivity index (χ1) is 9.42. The lowest BCUT2D eigenvalue weighted by Gasteiger charge is -2.06. The van der Waals surface area contributed by atoms with Gasteiger partial charge in [0.25, 0.3) is 0 Å². The van der Waals surface area contributed by atoms with E-state index in [0.29, 0.717) is 22.6 Å². The molecule has 104 valence electrons. The zero-order chi connectivity index (χ0) is 14.8. The summed E-state index contributed by atoms with van der Waals surface area (Å²) in [5.74, 6) is 0.441. The van der Waals surface area contributed by atoms with Crippen molar-refractivity contribution in [3.05, 3.63) is 46.8 Å². The van der Waals surface area contributed by atoms with Crippen molar-refractivity contribution >= 4 is 10.0 Å². The van der Waals surface area contributed by atoms with Gasteiger partial charge in [0, 0.05) is 6.07 Å². The van der Waals surface area contributed by atoms with Gasteiger partial charge in [-0.15, -0.1) is 0 Å². The molecular weight excluding hydrogens is 278 g/mol. The molecule has 20 heavy (non-hydrogen) atoms. The minimum absolute atomic E-state index is 0.0300. The van der Waals surface area contributed by atoms with Gasteiger partial charge in [-0.3, -0.25) is 0 Å². The van der Waals surface area contributed by atoms with Crippen molar-refractivity contribution in [1.29, 1.82) is 5.26 Å². The second-order valence-electron chi connectivity index (χ2n) is 4.35. The molecule has 7 heteroatoms. The van der Waals surface area contributed by atoms with Crippen LogP contribution in [0, 0.1) is 25.2 Å². The normalized spacial score (nSPS) is 11.2. The summed E-state index contributed by atoms with van der Waals surface area (Å²) in [5, 5.41) is 12.5. The Bertz CT molecular complexity index is 772. The molecule has 0 bridgehead atoms. The van der Waals surface area contributed by atoms with Crippen LogP contribution in [0.1, 0.15) is 22.6 Å². The van der Waals surface area contributed by atoms with Crippen LogP contribution in [0.2, 0.25) is 0 Å². The van der Waals surface area contributed by atoms with E-state index in [9.17, 15) is 8.42 Å². The summed E-state index contributed by atoms with van der Waals surface area (Å²) in [6.45, 7) is 3.48. The summed E-state index contributed by atoms with van der Waals surface area (Å²) >= 11 is 0. The van der Waals surface area contributed by atoms with E-state index in [1.165, 1.54) is 18.2 Å². The maximum absolute atomic E-state index is 12.1. The predicted molar refractivity (Wildman–Crippen MR) is 71.2 cm³/mol. The highest BCUT2D eigenvalue weighted by atomic mass is 32.2. The van der Waals surface area contributed by atoms with Crippen LogP contribution in [0.25, 0.3) is 0 Å². The Labute approximate surface area is 117 Å². The van der Waals surface area contributed by atoms with Crippen molar-refractivity contribution in [2.75, 3.05) is 0 Å². The molecule has 0 spiro atoms. The molecular formula is C13H13N3O3S. The van der Waals surface area contributed by atoms with E-state index >= 15 is 0 Å². The number of benzene rings is 1. The summed E-state index contributed by atoms with van der Waals surface area (Å²) in [5.41, 5.74) is 1.76. The molecule has 1 N–H and O–H groups in total. The van der Waals surface area contributed by atoms with Gasteiger partial charge >= 0.3 is 0 Å². The van der Waals surface area contributed by atoms with E-state index in [2.05, 4.69) is 9.88 Å². The number of aryl methyl sites for hydroxylation is 2. The van der Waals surface area contributed by atoms with Gasteiger partial charge in [0.1, 0.15) is 0 Å². The molecule has 1 aromatic carbocycles. The van der Waals surface area contributed by atoms with Crippen LogP contribution < -0.4 is 4.72 Å².